The van der Waals surface area contributed by atoms with Crippen LogP contribution >= 0.6 is 0 Å². The van der Waals surface area contributed by atoms with E-state index in [0.29, 0.717) is 12.8 Å². The van der Waals surface area contributed by atoms with Gasteiger partial charge in [-0.1, -0.05) is 44.2 Å². The molecule has 34 heavy (non-hydrogen) atoms. The summed E-state index contributed by atoms with van der Waals surface area (Å²) in [5.41, 5.74) is 11.6. The predicted molar refractivity (Wildman–Crippen MR) is 123 cm³/mol. The normalized spacial score (nSPS) is 18.1. The zero-order valence-corrected chi connectivity index (χ0v) is 19.4. The maximum atomic E-state index is 13.5. The van der Waals surface area contributed by atoms with E-state index in [1.54, 1.807) is 38.1 Å². The Balaban J connectivity index is 2.22. The number of carboxylic acids is 1. The summed E-state index contributed by atoms with van der Waals surface area (Å²) in [5, 5.41) is 14.5. The molecule has 0 radical (unpaired) electrons. The Morgan fingerprint density at radius 3 is 2.32 bits per heavy atom. The van der Waals surface area contributed by atoms with Crippen LogP contribution in [0.2, 0.25) is 0 Å². The molecule has 1 aliphatic heterocycles. The lowest BCUT2D eigenvalue weighted by Gasteiger charge is -2.30. The summed E-state index contributed by atoms with van der Waals surface area (Å²) in [7, 11) is 0. The summed E-state index contributed by atoms with van der Waals surface area (Å²) in [4.78, 5) is 62.9. The monoisotopic (exact) mass is 475 g/mol. The average molecular weight is 476 g/mol. The van der Waals surface area contributed by atoms with Gasteiger partial charge in [-0.05, 0) is 24.3 Å². The Hall–Kier alpha value is -3.47. The zero-order chi connectivity index (χ0) is 25.4. The molecule has 7 N–H and O–H groups in total. The van der Waals surface area contributed by atoms with E-state index in [0.717, 1.165) is 5.56 Å². The van der Waals surface area contributed by atoms with Crippen molar-refractivity contribution in [1.82, 2.24) is 15.5 Å². The number of nitrogens with one attached hydrogen (secondary N) is 2. The van der Waals surface area contributed by atoms with Crippen LogP contribution in [0.3, 0.4) is 0 Å². The molecule has 0 aliphatic carbocycles. The number of amides is 4. The van der Waals surface area contributed by atoms with Crippen LogP contribution in [0, 0.1) is 5.92 Å². The van der Waals surface area contributed by atoms with E-state index < -0.39 is 53.8 Å². The smallest absolute Gasteiger partial charge is 0.326 e. The number of hydrogen-bond donors (Lipinski definition) is 5. The van der Waals surface area contributed by atoms with Crippen LogP contribution in [-0.4, -0.2) is 70.3 Å². The fourth-order valence-corrected chi connectivity index (χ4v) is 3.90. The Bertz CT molecular complexity index is 906. The highest BCUT2D eigenvalue weighted by Gasteiger charge is 2.39. The number of nitrogens with two attached hydrogens (primary N) is 2. The molecule has 186 valence electrons. The maximum Gasteiger partial charge on any atom is 0.326 e. The van der Waals surface area contributed by atoms with E-state index in [1.807, 2.05) is 6.07 Å². The Morgan fingerprint density at radius 2 is 1.76 bits per heavy atom. The van der Waals surface area contributed by atoms with E-state index in [1.165, 1.54) is 4.90 Å². The number of carbonyl (C=O) groups is 5. The van der Waals surface area contributed by atoms with Crippen molar-refractivity contribution in [3.8, 4) is 0 Å². The molecular formula is C23H33N5O6. The van der Waals surface area contributed by atoms with Gasteiger partial charge in [0.25, 0.3) is 0 Å². The minimum absolute atomic E-state index is 0.142. The molecule has 1 fully saturated rings. The summed E-state index contributed by atoms with van der Waals surface area (Å²) in [6.07, 6.45) is 0.688. The van der Waals surface area contributed by atoms with Gasteiger partial charge < -0.3 is 32.1 Å². The van der Waals surface area contributed by atoms with Crippen molar-refractivity contribution in [1.29, 1.82) is 0 Å². The number of aliphatic carboxylic acids is 1. The van der Waals surface area contributed by atoms with Crippen LogP contribution < -0.4 is 22.1 Å². The molecule has 1 aromatic carbocycles. The predicted octanol–water partition coefficient (Wildman–Crippen LogP) is -0.867. The van der Waals surface area contributed by atoms with Crippen molar-refractivity contribution >= 4 is 29.6 Å². The van der Waals surface area contributed by atoms with Gasteiger partial charge in [0.2, 0.25) is 23.6 Å². The third kappa shape index (κ3) is 7.27. The van der Waals surface area contributed by atoms with Crippen LogP contribution in [0.1, 0.15) is 38.7 Å². The minimum atomic E-state index is -1.22. The van der Waals surface area contributed by atoms with E-state index >= 15 is 0 Å². The van der Waals surface area contributed by atoms with Crippen LogP contribution in [0.4, 0.5) is 0 Å². The number of carboxylic acid groups (broad SMARTS) is 1. The summed E-state index contributed by atoms with van der Waals surface area (Å²) < 4.78 is 0. The summed E-state index contributed by atoms with van der Waals surface area (Å²) in [6.45, 7) is 3.64. The molecule has 1 heterocycles. The molecule has 11 nitrogen and oxygen atoms in total. The number of nitrogens with zero attached hydrogens (tertiary/aromatic N) is 1. The lowest BCUT2D eigenvalue weighted by Crippen LogP contribution is -2.58. The van der Waals surface area contributed by atoms with Gasteiger partial charge in [-0.2, -0.15) is 0 Å². The van der Waals surface area contributed by atoms with E-state index in [4.69, 9.17) is 11.5 Å². The second-order valence-corrected chi connectivity index (χ2v) is 8.79. The van der Waals surface area contributed by atoms with E-state index in [-0.39, 0.29) is 25.3 Å². The van der Waals surface area contributed by atoms with Crippen LogP contribution in [0.25, 0.3) is 0 Å². The molecule has 0 aromatic heterocycles. The largest absolute Gasteiger partial charge is 0.480 e. The SMILES string of the molecule is CC(C)C(NC(=O)C1CCCN1C(=O)C(Cc1ccccc1)NC(=O)C(N)CC(N)=O)C(=O)O. The average Bonchev–Trinajstić information content (AvgIpc) is 3.26. The van der Waals surface area contributed by atoms with Crippen molar-refractivity contribution in [3.05, 3.63) is 35.9 Å². The lowest BCUT2D eigenvalue weighted by molar-refractivity contribution is -0.145. The molecule has 2 rings (SSSR count). The number of rotatable bonds is 11. The van der Waals surface area contributed by atoms with Gasteiger partial charge in [-0.15, -0.1) is 0 Å². The van der Waals surface area contributed by atoms with Crippen molar-refractivity contribution in [2.75, 3.05) is 6.54 Å². The molecule has 1 aliphatic rings. The van der Waals surface area contributed by atoms with Crippen LogP contribution in [0.15, 0.2) is 30.3 Å². The first-order chi connectivity index (χ1) is 16.0. The first-order valence-corrected chi connectivity index (χ1v) is 11.2. The van der Waals surface area contributed by atoms with Crippen molar-refractivity contribution < 1.29 is 29.1 Å². The van der Waals surface area contributed by atoms with Gasteiger partial charge >= 0.3 is 5.97 Å². The Labute approximate surface area is 198 Å². The highest BCUT2D eigenvalue weighted by atomic mass is 16.4. The topological polar surface area (TPSA) is 185 Å². The molecule has 1 aromatic rings. The molecular weight excluding hydrogens is 442 g/mol. The molecule has 4 unspecified atom stereocenters. The van der Waals surface area contributed by atoms with Gasteiger partial charge in [0.05, 0.1) is 12.5 Å². The minimum Gasteiger partial charge on any atom is -0.480 e. The molecule has 4 amide bonds. The van der Waals surface area contributed by atoms with Crippen molar-refractivity contribution in [2.45, 2.75) is 63.7 Å². The summed E-state index contributed by atoms with van der Waals surface area (Å²) >= 11 is 0. The number of likely N-dealkylation sites (tertiary alicyclic amines) is 1. The highest BCUT2D eigenvalue weighted by molar-refractivity contribution is 5.95. The van der Waals surface area contributed by atoms with Crippen molar-refractivity contribution in [2.24, 2.45) is 17.4 Å². The zero-order valence-electron chi connectivity index (χ0n) is 19.4. The van der Waals surface area contributed by atoms with Crippen molar-refractivity contribution in [3.63, 3.8) is 0 Å². The first kappa shape index (κ1) is 26.8. The molecule has 0 bridgehead atoms. The molecule has 11 heteroatoms. The first-order valence-electron chi connectivity index (χ1n) is 11.2. The standard InChI is InChI=1S/C23H33N5O6/c1-13(2)19(23(33)34)27-21(31)17-9-6-10-28(17)22(32)16(11-14-7-4-3-5-8-14)26-20(30)15(24)12-18(25)29/h3-5,7-8,13,15-17,19H,6,9-12,24H2,1-2H3,(H2,25,29)(H,26,30)(H,27,31)(H,33,34). The van der Waals surface area contributed by atoms with Gasteiger partial charge in [-0.3, -0.25) is 19.2 Å². The lowest BCUT2D eigenvalue weighted by atomic mass is 10.0. The van der Waals surface area contributed by atoms with E-state index in [9.17, 15) is 29.1 Å². The van der Waals surface area contributed by atoms with Gasteiger partial charge in [0, 0.05) is 13.0 Å². The number of benzene rings is 1. The Morgan fingerprint density at radius 1 is 1.12 bits per heavy atom. The van der Waals surface area contributed by atoms with Gasteiger partial charge in [0.15, 0.2) is 0 Å². The third-order valence-corrected chi connectivity index (χ3v) is 5.72. The Kier molecular flexibility index (Phi) is 9.55. The van der Waals surface area contributed by atoms with Gasteiger partial charge in [-0.25, -0.2) is 4.79 Å². The summed E-state index contributed by atoms with van der Waals surface area (Å²) in [5.74, 6) is -4.00. The van der Waals surface area contributed by atoms with Gasteiger partial charge in [0.1, 0.15) is 18.1 Å². The summed E-state index contributed by atoms with van der Waals surface area (Å²) in [6, 6.07) is 4.79. The van der Waals surface area contributed by atoms with Crippen LogP contribution in [-0.2, 0) is 30.4 Å². The molecule has 1 saturated heterocycles. The molecule has 4 atom stereocenters. The molecule has 0 saturated carbocycles. The van der Waals surface area contributed by atoms with Crippen LogP contribution in [0.5, 0.6) is 0 Å². The second kappa shape index (κ2) is 12.1. The second-order valence-electron chi connectivity index (χ2n) is 8.79. The maximum absolute atomic E-state index is 13.5. The fourth-order valence-electron chi connectivity index (χ4n) is 3.90. The third-order valence-electron chi connectivity index (χ3n) is 5.72. The fraction of sp³-hybridized carbons (Fsp3) is 0.522. The quantitative estimate of drug-likeness (QED) is 0.275. The van der Waals surface area contributed by atoms with E-state index in [2.05, 4.69) is 10.6 Å². The molecule has 0 spiro atoms. The highest BCUT2D eigenvalue weighted by Crippen LogP contribution is 2.20. The number of hydrogen-bond acceptors (Lipinski definition) is 6. The number of carbonyl (C=O) groups excluding carboxylic acids is 4. The number of primary amides is 1.